The summed E-state index contributed by atoms with van der Waals surface area (Å²) in [5.41, 5.74) is 0. The van der Waals surface area contributed by atoms with Crippen molar-refractivity contribution in [3.63, 3.8) is 0 Å². The fourth-order valence-corrected chi connectivity index (χ4v) is 0.250. The number of hydrogen-bond acceptors (Lipinski definition) is 4. The van der Waals surface area contributed by atoms with E-state index in [9.17, 15) is 0 Å². The molecule has 0 fully saturated rings. The summed E-state index contributed by atoms with van der Waals surface area (Å²) in [5, 5.41) is 0. The van der Waals surface area contributed by atoms with E-state index in [4.69, 9.17) is 9.59 Å². The second kappa shape index (κ2) is 5.13. The molecule has 0 bridgehead atoms. The molecule has 0 amide bonds. The third-order valence-corrected chi connectivity index (χ3v) is 1.60. The van der Waals surface area contributed by atoms with E-state index in [1.54, 1.807) is 0 Å². The predicted molar refractivity (Wildman–Crippen MR) is 32.2 cm³/mol. The zero-order valence-corrected chi connectivity index (χ0v) is 8.13. The van der Waals surface area contributed by atoms with Gasteiger partial charge in [-0.05, 0) is 0 Å². The Balaban J connectivity index is -0.0000000600. The molecule has 0 saturated heterocycles. The summed E-state index contributed by atoms with van der Waals surface area (Å²) < 4.78 is 8.23. The third kappa shape index (κ3) is 5.45. The van der Waals surface area contributed by atoms with Crippen LogP contribution in [0, 0.1) is 0 Å². The summed E-state index contributed by atoms with van der Waals surface area (Å²) in [6.07, 6.45) is 0. The molecule has 0 atom stereocenters. The van der Waals surface area contributed by atoms with Crippen LogP contribution in [0.1, 0.15) is 2.85 Å². The molecule has 0 radical (unpaired) electrons. The van der Waals surface area contributed by atoms with Crippen molar-refractivity contribution in [3.05, 3.63) is 0 Å². The Hall–Kier alpha value is 1.32. The van der Waals surface area contributed by atoms with E-state index in [2.05, 4.69) is 8.85 Å². The maximum Gasteiger partial charge on any atom is 2.00 e. The topological polar surface area (TPSA) is 58.9 Å². The van der Waals surface area contributed by atoms with Gasteiger partial charge in [0.25, 0.3) is 0 Å². The van der Waals surface area contributed by atoms with Gasteiger partial charge in [0.2, 0.25) is 0 Å². The third-order valence-electron chi connectivity index (χ3n) is 0.532. The molecular formula is C2H10CaO4Si. The van der Waals surface area contributed by atoms with Crippen LogP contribution >= 0.6 is 0 Å². The van der Waals surface area contributed by atoms with Gasteiger partial charge in [-0.25, -0.2) is 0 Å². The Morgan fingerprint density at radius 2 is 1.50 bits per heavy atom. The van der Waals surface area contributed by atoms with Gasteiger partial charge in [-0.3, -0.25) is 0 Å². The molecular weight excluding hydrogens is 156 g/mol. The van der Waals surface area contributed by atoms with E-state index in [-0.39, 0.29) is 40.6 Å². The molecule has 0 aromatic heterocycles. The Morgan fingerprint density at radius 1 is 1.25 bits per heavy atom. The summed E-state index contributed by atoms with van der Waals surface area (Å²) in [5.74, 6) is 0. The van der Waals surface area contributed by atoms with Gasteiger partial charge in [-0.2, -0.15) is 0 Å². The van der Waals surface area contributed by atoms with Gasteiger partial charge < -0.3 is 21.3 Å². The van der Waals surface area contributed by atoms with Crippen molar-refractivity contribution >= 4 is 46.8 Å². The van der Waals surface area contributed by atoms with Gasteiger partial charge in [0.05, 0.1) is 0 Å². The van der Waals surface area contributed by atoms with Crippen molar-refractivity contribution in [2.75, 3.05) is 14.2 Å². The Labute approximate surface area is 81.9 Å². The molecule has 0 spiro atoms. The number of hydrogen-bond donors (Lipinski definition) is 2. The average molecular weight is 166 g/mol. The second-order valence-corrected chi connectivity index (χ2v) is 2.87. The van der Waals surface area contributed by atoms with Crippen LogP contribution in [0.3, 0.4) is 0 Å². The molecule has 0 aliphatic heterocycles. The van der Waals surface area contributed by atoms with Crippen molar-refractivity contribution in [3.8, 4) is 0 Å². The van der Waals surface area contributed by atoms with Crippen LogP contribution in [0.5, 0.6) is 0 Å². The fourth-order valence-electron chi connectivity index (χ4n) is 0.0833. The normalized spacial score (nSPS) is 10.5. The van der Waals surface area contributed by atoms with Crippen LogP contribution in [0.4, 0.5) is 0 Å². The van der Waals surface area contributed by atoms with Gasteiger partial charge in [0, 0.05) is 14.2 Å². The van der Waals surface area contributed by atoms with E-state index >= 15 is 0 Å². The van der Waals surface area contributed by atoms with Gasteiger partial charge in [-0.15, -0.1) is 0 Å². The van der Waals surface area contributed by atoms with E-state index in [1.165, 1.54) is 14.2 Å². The monoisotopic (exact) mass is 166 g/mol. The molecule has 0 aliphatic rings. The van der Waals surface area contributed by atoms with Crippen molar-refractivity contribution in [2.45, 2.75) is 0 Å². The molecule has 0 aromatic rings. The first-order valence-electron chi connectivity index (χ1n) is 1.67. The Morgan fingerprint density at radius 3 is 1.50 bits per heavy atom. The summed E-state index contributed by atoms with van der Waals surface area (Å²) >= 11 is 0. The number of rotatable bonds is 2. The van der Waals surface area contributed by atoms with Crippen LogP contribution in [0.15, 0.2) is 0 Å². The molecule has 48 valence electrons. The minimum absolute atomic E-state index is 0. The summed E-state index contributed by atoms with van der Waals surface area (Å²) in [7, 11) is -1.30. The van der Waals surface area contributed by atoms with Crippen molar-refractivity contribution in [1.29, 1.82) is 0 Å². The van der Waals surface area contributed by atoms with E-state index < -0.39 is 9.05 Å². The molecule has 0 aliphatic carbocycles. The average Bonchev–Trinajstić information content (AvgIpc) is 1.68. The van der Waals surface area contributed by atoms with Crippen LogP contribution in [-0.4, -0.2) is 70.6 Å². The molecule has 0 heterocycles. The van der Waals surface area contributed by atoms with Crippen LogP contribution in [0.25, 0.3) is 0 Å². The smallest absolute Gasteiger partial charge is 1.00 e. The minimum atomic E-state index is -3.65. The molecule has 8 heavy (non-hydrogen) atoms. The minimum Gasteiger partial charge on any atom is -1.00 e. The SMILES string of the molecule is CO[Si](O)(O)OC.[Ca+2].[H-].[H-]. The Bertz CT molecular complexity index is 59.2. The fraction of sp³-hybridized carbons (Fsp3) is 1.00. The predicted octanol–water partition coefficient (Wildman–Crippen LogP) is -1.46. The maximum absolute atomic E-state index is 8.38. The van der Waals surface area contributed by atoms with Crippen molar-refractivity contribution in [1.82, 2.24) is 0 Å². The van der Waals surface area contributed by atoms with Gasteiger partial charge in [0.15, 0.2) is 0 Å². The molecule has 4 nitrogen and oxygen atoms in total. The second-order valence-electron chi connectivity index (χ2n) is 0.957. The van der Waals surface area contributed by atoms with Gasteiger partial charge in [-0.1, -0.05) is 0 Å². The van der Waals surface area contributed by atoms with E-state index in [0.717, 1.165) is 0 Å². The first-order valence-corrected chi connectivity index (χ1v) is 3.38. The van der Waals surface area contributed by atoms with Crippen LogP contribution < -0.4 is 0 Å². The standard InChI is InChI=1S/C2H8O4Si.Ca.2H/c1-5-7(3,4)6-2;;;/h3-4H,1-2H3;;;/q;+2;2*-1. The zero-order chi connectivity index (χ0) is 5.91. The van der Waals surface area contributed by atoms with Crippen molar-refractivity contribution in [2.24, 2.45) is 0 Å². The molecule has 0 rings (SSSR count). The first kappa shape index (κ1) is 12.0. The first-order chi connectivity index (χ1) is 3.12. The molecule has 6 heteroatoms. The molecule has 2 N–H and O–H groups in total. The summed E-state index contributed by atoms with van der Waals surface area (Å²) in [6, 6.07) is 0. The van der Waals surface area contributed by atoms with E-state index in [1.807, 2.05) is 0 Å². The van der Waals surface area contributed by atoms with Gasteiger partial charge in [0.1, 0.15) is 0 Å². The summed E-state index contributed by atoms with van der Waals surface area (Å²) in [6.45, 7) is 0. The quantitative estimate of drug-likeness (QED) is 0.492. The largest absolute Gasteiger partial charge is 2.00 e. The maximum atomic E-state index is 8.38. The Kier molecular flexibility index (Phi) is 7.72. The molecule has 0 saturated carbocycles. The van der Waals surface area contributed by atoms with E-state index in [0.29, 0.717) is 0 Å². The zero-order valence-electron chi connectivity index (χ0n) is 6.92. The van der Waals surface area contributed by atoms with Crippen molar-refractivity contribution < 1.29 is 21.3 Å². The van der Waals surface area contributed by atoms with Crippen LogP contribution in [0.2, 0.25) is 0 Å². The van der Waals surface area contributed by atoms with Gasteiger partial charge >= 0.3 is 46.8 Å². The summed E-state index contributed by atoms with van der Waals surface area (Å²) in [4.78, 5) is 16.8. The van der Waals surface area contributed by atoms with Crippen LogP contribution in [-0.2, 0) is 8.85 Å². The molecule has 0 unspecified atom stereocenters. The molecule has 0 aromatic carbocycles.